The Bertz CT molecular complexity index is 628. The van der Waals surface area contributed by atoms with Gasteiger partial charge >= 0.3 is 6.18 Å². The van der Waals surface area contributed by atoms with Gasteiger partial charge in [0.05, 0.1) is 5.56 Å². The molecule has 0 saturated carbocycles. The molecule has 2 rings (SSSR count). The molecule has 1 aliphatic rings. The van der Waals surface area contributed by atoms with Gasteiger partial charge in [-0.15, -0.1) is 24.0 Å². The van der Waals surface area contributed by atoms with E-state index in [1.165, 1.54) is 12.1 Å². The van der Waals surface area contributed by atoms with Crippen LogP contribution in [0.5, 0.6) is 0 Å². The summed E-state index contributed by atoms with van der Waals surface area (Å²) < 4.78 is 38.1. The summed E-state index contributed by atoms with van der Waals surface area (Å²) in [5.41, 5.74) is 0.181. The number of rotatable bonds is 6. The lowest BCUT2D eigenvalue weighted by Gasteiger charge is -2.38. The number of benzene rings is 1. The molecule has 0 amide bonds. The second-order valence-corrected chi connectivity index (χ2v) is 7.30. The average molecular weight is 527 g/mol. The number of piperazine rings is 1. The molecule has 29 heavy (non-hydrogen) atoms. The number of hydrogen-bond donors (Lipinski definition) is 1. The molecule has 1 aromatic carbocycles. The zero-order valence-corrected chi connectivity index (χ0v) is 20.0. The SMILES string of the molecule is CCN1CCN(C(C)CNC(=NC)N(C)Cc2ccc(C(F)(F)F)cc2)CC1.I. The van der Waals surface area contributed by atoms with E-state index in [0.717, 1.165) is 62.9 Å². The minimum Gasteiger partial charge on any atom is -0.355 e. The molecular formula is C20H33F3IN5. The van der Waals surface area contributed by atoms with Crippen LogP contribution in [0.25, 0.3) is 0 Å². The van der Waals surface area contributed by atoms with Gasteiger partial charge in [-0.2, -0.15) is 13.2 Å². The third-order valence-corrected chi connectivity index (χ3v) is 5.31. The summed E-state index contributed by atoms with van der Waals surface area (Å²) in [4.78, 5) is 11.2. The summed E-state index contributed by atoms with van der Waals surface area (Å²) >= 11 is 0. The fourth-order valence-corrected chi connectivity index (χ4v) is 3.42. The van der Waals surface area contributed by atoms with Crippen LogP contribution in [0.15, 0.2) is 29.3 Å². The fourth-order valence-electron chi connectivity index (χ4n) is 3.42. The highest BCUT2D eigenvalue weighted by molar-refractivity contribution is 14.0. The zero-order valence-electron chi connectivity index (χ0n) is 17.7. The lowest BCUT2D eigenvalue weighted by molar-refractivity contribution is -0.137. The van der Waals surface area contributed by atoms with E-state index in [9.17, 15) is 13.2 Å². The van der Waals surface area contributed by atoms with Gasteiger partial charge in [-0.3, -0.25) is 9.89 Å². The molecule has 1 fully saturated rings. The summed E-state index contributed by atoms with van der Waals surface area (Å²) in [5, 5.41) is 3.39. The Kier molecular flexibility index (Phi) is 10.7. The Morgan fingerprint density at radius 2 is 1.76 bits per heavy atom. The maximum atomic E-state index is 12.7. The molecule has 0 spiro atoms. The molecule has 1 N–H and O–H groups in total. The van der Waals surface area contributed by atoms with Gasteiger partial charge in [0.1, 0.15) is 0 Å². The highest BCUT2D eigenvalue weighted by Gasteiger charge is 2.30. The Hall–Kier alpha value is -1.07. The van der Waals surface area contributed by atoms with Crippen LogP contribution in [0.4, 0.5) is 13.2 Å². The molecular weight excluding hydrogens is 494 g/mol. The lowest BCUT2D eigenvalue weighted by Crippen LogP contribution is -2.53. The molecule has 1 saturated heterocycles. The number of guanidine groups is 1. The van der Waals surface area contributed by atoms with E-state index in [1.807, 2.05) is 11.9 Å². The van der Waals surface area contributed by atoms with Crippen LogP contribution in [0, 0.1) is 0 Å². The monoisotopic (exact) mass is 527 g/mol. The van der Waals surface area contributed by atoms with Gasteiger partial charge in [0.2, 0.25) is 0 Å². The predicted molar refractivity (Wildman–Crippen MR) is 123 cm³/mol. The molecule has 9 heteroatoms. The van der Waals surface area contributed by atoms with Gasteiger partial charge in [0.15, 0.2) is 5.96 Å². The molecule has 0 aromatic heterocycles. The van der Waals surface area contributed by atoms with E-state index in [4.69, 9.17) is 0 Å². The molecule has 1 atom stereocenters. The Balaban J connectivity index is 0.00000420. The molecule has 5 nitrogen and oxygen atoms in total. The topological polar surface area (TPSA) is 34.1 Å². The molecule has 0 radical (unpaired) electrons. The zero-order chi connectivity index (χ0) is 20.7. The Morgan fingerprint density at radius 3 is 2.24 bits per heavy atom. The van der Waals surface area contributed by atoms with Gasteiger partial charge in [-0.1, -0.05) is 19.1 Å². The molecule has 166 valence electrons. The van der Waals surface area contributed by atoms with Gasteiger partial charge in [0.25, 0.3) is 0 Å². The number of aliphatic imine (C=N–C) groups is 1. The smallest absolute Gasteiger partial charge is 0.355 e. The van der Waals surface area contributed by atoms with E-state index < -0.39 is 11.7 Å². The third kappa shape index (κ3) is 7.93. The van der Waals surface area contributed by atoms with E-state index in [1.54, 1.807) is 7.05 Å². The minimum atomic E-state index is -4.30. The summed E-state index contributed by atoms with van der Waals surface area (Å²) in [7, 11) is 3.61. The van der Waals surface area contributed by atoms with Crippen LogP contribution in [-0.4, -0.2) is 80.1 Å². The van der Waals surface area contributed by atoms with Crippen molar-refractivity contribution in [2.45, 2.75) is 32.6 Å². The molecule has 0 aliphatic carbocycles. The Morgan fingerprint density at radius 1 is 1.17 bits per heavy atom. The third-order valence-electron chi connectivity index (χ3n) is 5.31. The number of alkyl halides is 3. The van der Waals surface area contributed by atoms with Crippen molar-refractivity contribution in [3.05, 3.63) is 35.4 Å². The van der Waals surface area contributed by atoms with Crippen molar-refractivity contribution in [1.82, 2.24) is 20.0 Å². The summed E-state index contributed by atoms with van der Waals surface area (Å²) in [5.74, 6) is 0.735. The number of nitrogens with zero attached hydrogens (tertiary/aromatic N) is 4. The van der Waals surface area contributed by atoms with E-state index in [0.29, 0.717) is 12.6 Å². The number of hydrogen-bond acceptors (Lipinski definition) is 3. The van der Waals surface area contributed by atoms with Crippen LogP contribution in [0.3, 0.4) is 0 Å². The van der Waals surface area contributed by atoms with E-state index in [2.05, 4.69) is 34.0 Å². The number of nitrogens with one attached hydrogen (secondary N) is 1. The van der Waals surface area contributed by atoms with Crippen molar-refractivity contribution in [3.63, 3.8) is 0 Å². The largest absolute Gasteiger partial charge is 0.416 e. The van der Waals surface area contributed by atoms with Crippen LogP contribution in [-0.2, 0) is 12.7 Å². The van der Waals surface area contributed by atoms with Crippen molar-refractivity contribution in [3.8, 4) is 0 Å². The molecule has 1 aromatic rings. The standard InChI is InChI=1S/C20H32F3N5.HI/c1-5-27-10-12-28(13-11-27)16(2)14-25-19(24-3)26(4)15-17-6-8-18(9-7-17)20(21,22)23;/h6-9,16H,5,10-15H2,1-4H3,(H,24,25);1H. The maximum absolute atomic E-state index is 12.7. The van der Waals surface area contributed by atoms with Crippen molar-refractivity contribution >= 4 is 29.9 Å². The fraction of sp³-hybridized carbons (Fsp3) is 0.650. The first-order valence-electron chi connectivity index (χ1n) is 9.79. The quantitative estimate of drug-likeness (QED) is 0.350. The second kappa shape index (κ2) is 11.9. The van der Waals surface area contributed by atoms with Crippen molar-refractivity contribution in [2.24, 2.45) is 4.99 Å². The molecule has 1 aliphatic heterocycles. The van der Waals surface area contributed by atoms with Crippen molar-refractivity contribution in [2.75, 3.05) is 53.4 Å². The predicted octanol–water partition coefficient (Wildman–Crippen LogP) is 3.36. The number of likely N-dealkylation sites (N-methyl/N-ethyl adjacent to an activating group) is 1. The first-order chi connectivity index (χ1) is 13.2. The van der Waals surface area contributed by atoms with Crippen LogP contribution < -0.4 is 5.32 Å². The second-order valence-electron chi connectivity index (χ2n) is 7.30. The summed E-state index contributed by atoms with van der Waals surface area (Å²) in [6.07, 6.45) is -4.30. The molecule has 0 bridgehead atoms. The molecule has 1 heterocycles. The Labute approximate surface area is 189 Å². The average Bonchev–Trinajstić information content (AvgIpc) is 2.68. The van der Waals surface area contributed by atoms with Gasteiger partial charge in [-0.25, -0.2) is 0 Å². The van der Waals surface area contributed by atoms with E-state index >= 15 is 0 Å². The first kappa shape index (κ1) is 26.0. The van der Waals surface area contributed by atoms with Crippen LogP contribution in [0.2, 0.25) is 0 Å². The summed E-state index contributed by atoms with van der Waals surface area (Å²) in [6, 6.07) is 5.66. The maximum Gasteiger partial charge on any atom is 0.416 e. The summed E-state index contributed by atoms with van der Waals surface area (Å²) in [6.45, 7) is 11.1. The van der Waals surface area contributed by atoms with Crippen molar-refractivity contribution < 1.29 is 13.2 Å². The highest BCUT2D eigenvalue weighted by atomic mass is 127. The number of halogens is 4. The van der Waals surface area contributed by atoms with Crippen LogP contribution >= 0.6 is 24.0 Å². The highest BCUT2D eigenvalue weighted by Crippen LogP contribution is 2.29. The lowest BCUT2D eigenvalue weighted by atomic mass is 10.1. The van der Waals surface area contributed by atoms with Crippen LogP contribution in [0.1, 0.15) is 25.0 Å². The van der Waals surface area contributed by atoms with Gasteiger partial charge in [-0.05, 0) is 31.2 Å². The van der Waals surface area contributed by atoms with E-state index in [-0.39, 0.29) is 24.0 Å². The normalized spacial score (nSPS) is 17.6. The van der Waals surface area contributed by atoms with Crippen molar-refractivity contribution in [1.29, 1.82) is 0 Å². The first-order valence-corrected chi connectivity index (χ1v) is 9.79. The van der Waals surface area contributed by atoms with Gasteiger partial charge in [0, 0.05) is 59.4 Å². The minimum absolute atomic E-state index is 0. The van der Waals surface area contributed by atoms with Gasteiger partial charge < -0.3 is 15.1 Å². The molecule has 1 unspecified atom stereocenters.